The van der Waals surface area contributed by atoms with Crippen molar-refractivity contribution in [1.29, 1.82) is 0 Å². The van der Waals surface area contributed by atoms with Gasteiger partial charge in [0, 0.05) is 32.7 Å². The van der Waals surface area contributed by atoms with E-state index in [-0.39, 0.29) is 32.7 Å². The van der Waals surface area contributed by atoms with Crippen molar-refractivity contribution in [1.82, 2.24) is 0 Å². The second-order valence-corrected chi connectivity index (χ2v) is 3.07. The van der Waals surface area contributed by atoms with Gasteiger partial charge in [-0.3, -0.25) is 0 Å². The van der Waals surface area contributed by atoms with Gasteiger partial charge >= 0.3 is 0 Å². The van der Waals surface area contributed by atoms with Gasteiger partial charge in [-0.2, -0.15) is 35.9 Å². The molecular formula is C13H11Y-. The standard InChI is InChI=1S/C13H11.Y/c1-3-7-12(8-4-1)11-13-9-5-2-6-10-13;/h1,3-10H,11H2;/q-1;. The molecule has 67 valence electrons. The summed E-state index contributed by atoms with van der Waals surface area (Å²) >= 11 is 0. The van der Waals surface area contributed by atoms with Gasteiger partial charge in [-0.15, -0.1) is 0 Å². The second kappa shape index (κ2) is 6.11. The summed E-state index contributed by atoms with van der Waals surface area (Å²) in [6.45, 7) is 0. The molecule has 14 heavy (non-hydrogen) atoms. The van der Waals surface area contributed by atoms with E-state index < -0.39 is 0 Å². The Balaban J connectivity index is 0.000000980. The molecule has 0 aliphatic carbocycles. The van der Waals surface area contributed by atoms with E-state index in [2.05, 4.69) is 42.5 Å². The van der Waals surface area contributed by atoms with Crippen LogP contribution in [-0.2, 0) is 39.1 Å². The smallest absolute Gasteiger partial charge is 0 e. The molecule has 0 N–H and O–H groups in total. The third kappa shape index (κ3) is 3.36. The van der Waals surface area contributed by atoms with Crippen LogP contribution in [0.2, 0.25) is 0 Å². The number of hydrogen-bond acceptors (Lipinski definition) is 0. The largest absolute Gasteiger partial charge is 0.184 e. The molecule has 0 saturated heterocycles. The van der Waals surface area contributed by atoms with Crippen molar-refractivity contribution in [3.63, 3.8) is 0 Å². The molecule has 2 aromatic carbocycles. The van der Waals surface area contributed by atoms with Gasteiger partial charge < -0.3 is 0 Å². The van der Waals surface area contributed by atoms with Crippen LogP contribution in [0.15, 0.2) is 54.6 Å². The molecule has 0 amide bonds. The first kappa shape index (κ1) is 11.6. The Morgan fingerprint density at radius 1 is 0.786 bits per heavy atom. The van der Waals surface area contributed by atoms with Crippen LogP contribution in [0, 0.1) is 6.07 Å². The van der Waals surface area contributed by atoms with E-state index in [4.69, 9.17) is 0 Å². The van der Waals surface area contributed by atoms with Gasteiger partial charge in [0.15, 0.2) is 0 Å². The molecule has 0 spiro atoms. The zero-order valence-electron chi connectivity index (χ0n) is 7.98. The molecule has 0 heterocycles. The van der Waals surface area contributed by atoms with Crippen LogP contribution in [0.1, 0.15) is 11.1 Å². The molecule has 0 bridgehead atoms. The van der Waals surface area contributed by atoms with Gasteiger partial charge in [-0.25, -0.2) is 0 Å². The van der Waals surface area contributed by atoms with Crippen LogP contribution in [0.5, 0.6) is 0 Å². The van der Waals surface area contributed by atoms with Gasteiger partial charge in [-0.05, 0) is 12.0 Å². The number of rotatable bonds is 2. The molecule has 0 fully saturated rings. The minimum Gasteiger partial charge on any atom is -0.184 e. The zero-order chi connectivity index (χ0) is 8.93. The molecule has 0 saturated carbocycles. The van der Waals surface area contributed by atoms with E-state index in [1.54, 1.807) is 0 Å². The maximum absolute atomic E-state index is 3.02. The van der Waals surface area contributed by atoms with Crippen LogP contribution in [0.4, 0.5) is 0 Å². The van der Waals surface area contributed by atoms with Crippen molar-refractivity contribution in [2.24, 2.45) is 0 Å². The monoisotopic (exact) mass is 256 g/mol. The Morgan fingerprint density at radius 2 is 1.36 bits per heavy atom. The van der Waals surface area contributed by atoms with Crippen LogP contribution in [0.3, 0.4) is 0 Å². The molecule has 0 atom stereocenters. The molecule has 1 radical (unpaired) electrons. The maximum atomic E-state index is 3.02. The fourth-order valence-electron chi connectivity index (χ4n) is 1.37. The molecule has 0 aromatic heterocycles. The minimum atomic E-state index is 0. The first-order valence-electron chi connectivity index (χ1n) is 4.44. The van der Waals surface area contributed by atoms with Gasteiger partial charge in [0.2, 0.25) is 0 Å². The van der Waals surface area contributed by atoms with Crippen LogP contribution in [0.25, 0.3) is 0 Å². The van der Waals surface area contributed by atoms with Crippen molar-refractivity contribution in [2.45, 2.75) is 6.42 Å². The minimum absolute atomic E-state index is 0. The third-order valence-corrected chi connectivity index (χ3v) is 2.04. The van der Waals surface area contributed by atoms with Crippen molar-refractivity contribution < 1.29 is 32.7 Å². The molecular weight excluding hydrogens is 245 g/mol. The summed E-state index contributed by atoms with van der Waals surface area (Å²) in [5, 5.41) is 0. The Labute approximate surface area is 110 Å². The Bertz CT molecular complexity index is 316. The Hall–Kier alpha value is -0.456. The van der Waals surface area contributed by atoms with E-state index in [1.807, 2.05) is 18.2 Å². The van der Waals surface area contributed by atoms with Crippen LogP contribution < -0.4 is 0 Å². The molecule has 0 aliphatic heterocycles. The summed E-state index contributed by atoms with van der Waals surface area (Å²) in [6.07, 6.45) is 1.01. The zero-order valence-corrected chi connectivity index (χ0v) is 10.8. The van der Waals surface area contributed by atoms with E-state index in [9.17, 15) is 0 Å². The predicted molar refractivity (Wildman–Crippen MR) is 54.5 cm³/mol. The fraction of sp³-hybridized carbons (Fsp3) is 0.0769. The SMILES string of the molecule is [Y].[c-]1ccc(Cc2ccccc2)cc1. The van der Waals surface area contributed by atoms with E-state index in [0.29, 0.717) is 0 Å². The summed E-state index contributed by atoms with van der Waals surface area (Å²) < 4.78 is 0. The number of hydrogen-bond donors (Lipinski definition) is 0. The maximum Gasteiger partial charge on any atom is 0 e. The van der Waals surface area contributed by atoms with Gasteiger partial charge in [0.05, 0.1) is 0 Å². The quantitative estimate of drug-likeness (QED) is 0.724. The van der Waals surface area contributed by atoms with Crippen LogP contribution >= 0.6 is 0 Å². The first-order valence-corrected chi connectivity index (χ1v) is 4.44. The number of benzene rings is 2. The van der Waals surface area contributed by atoms with Crippen molar-refractivity contribution in [2.75, 3.05) is 0 Å². The fourth-order valence-corrected chi connectivity index (χ4v) is 1.37. The summed E-state index contributed by atoms with van der Waals surface area (Å²) in [5.74, 6) is 0. The average molecular weight is 256 g/mol. The second-order valence-electron chi connectivity index (χ2n) is 3.07. The van der Waals surface area contributed by atoms with Crippen molar-refractivity contribution in [3.8, 4) is 0 Å². The molecule has 2 rings (SSSR count). The van der Waals surface area contributed by atoms with E-state index >= 15 is 0 Å². The average Bonchev–Trinajstić information content (AvgIpc) is 2.21. The summed E-state index contributed by atoms with van der Waals surface area (Å²) in [6, 6.07) is 21.6. The third-order valence-electron chi connectivity index (χ3n) is 2.04. The molecule has 0 unspecified atom stereocenters. The normalized spacial score (nSPS) is 9.14. The predicted octanol–water partition coefficient (Wildman–Crippen LogP) is 3.08. The molecule has 0 nitrogen and oxygen atoms in total. The molecule has 2 aromatic rings. The van der Waals surface area contributed by atoms with Crippen molar-refractivity contribution >= 4 is 0 Å². The summed E-state index contributed by atoms with van der Waals surface area (Å²) in [5.41, 5.74) is 2.69. The van der Waals surface area contributed by atoms with Gasteiger partial charge in [0.25, 0.3) is 0 Å². The van der Waals surface area contributed by atoms with E-state index in [1.165, 1.54) is 11.1 Å². The topological polar surface area (TPSA) is 0 Å². The molecule has 0 aliphatic rings. The summed E-state index contributed by atoms with van der Waals surface area (Å²) in [7, 11) is 0. The van der Waals surface area contributed by atoms with Crippen molar-refractivity contribution in [3.05, 3.63) is 71.8 Å². The van der Waals surface area contributed by atoms with E-state index in [0.717, 1.165) is 6.42 Å². The van der Waals surface area contributed by atoms with Crippen LogP contribution in [-0.4, -0.2) is 0 Å². The van der Waals surface area contributed by atoms with Gasteiger partial charge in [0.1, 0.15) is 0 Å². The van der Waals surface area contributed by atoms with Gasteiger partial charge in [-0.1, -0.05) is 30.3 Å². The molecule has 1 heteroatoms. The summed E-state index contributed by atoms with van der Waals surface area (Å²) in [4.78, 5) is 0. The Kier molecular flexibility index (Phi) is 5.07. The first-order chi connectivity index (χ1) is 6.45. The Morgan fingerprint density at radius 3 is 2.00 bits per heavy atom.